The van der Waals surface area contributed by atoms with E-state index < -0.39 is 11.9 Å². The summed E-state index contributed by atoms with van der Waals surface area (Å²) in [6, 6.07) is 15.3. The zero-order chi connectivity index (χ0) is 32.8. The van der Waals surface area contributed by atoms with Gasteiger partial charge in [0, 0.05) is 41.9 Å². The van der Waals surface area contributed by atoms with Crippen molar-refractivity contribution in [1.29, 1.82) is 0 Å². The minimum Gasteiger partial charge on any atom is -0.461 e. The lowest BCUT2D eigenvalue weighted by atomic mass is 10.1. The molecule has 0 unspecified atom stereocenters. The molecule has 0 bridgehead atoms. The van der Waals surface area contributed by atoms with Crippen molar-refractivity contribution in [3.8, 4) is 12.3 Å². The van der Waals surface area contributed by atoms with Gasteiger partial charge in [0.2, 0.25) is 0 Å². The maximum absolute atomic E-state index is 11.6. The molecule has 13 heteroatoms. The molecular weight excluding hydrogens is 643 g/mol. The van der Waals surface area contributed by atoms with Gasteiger partial charge in [-0.15, -0.1) is 6.42 Å². The lowest BCUT2D eigenvalue weighted by molar-refractivity contribution is -0.136. The molecule has 0 atom stereocenters. The third kappa shape index (κ3) is 12.6. The van der Waals surface area contributed by atoms with E-state index in [1.165, 1.54) is 6.20 Å². The number of amidine groups is 1. The number of oxime groups is 1. The van der Waals surface area contributed by atoms with Crippen LogP contribution in [-0.4, -0.2) is 56.1 Å². The average molecular weight is 682 g/mol. The van der Waals surface area contributed by atoms with Crippen molar-refractivity contribution in [3.63, 3.8) is 0 Å². The summed E-state index contributed by atoms with van der Waals surface area (Å²) in [7, 11) is 0. The number of halogens is 2. The Morgan fingerprint density at radius 2 is 1.45 bits per heavy atom. The lowest BCUT2D eigenvalue weighted by Crippen LogP contribution is -2.14. The highest BCUT2D eigenvalue weighted by Crippen LogP contribution is 2.20. The number of aromatic nitrogens is 4. The third-order valence-corrected chi connectivity index (χ3v) is 6.24. The number of H-pyrrole nitrogens is 1. The molecule has 4 N–H and O–H groups in total. The SMILES string of the molecule is C.C.C#CC(=O)OCC.CCOC(=O)c1cnc(Cc2ccc3ncc(Cl)cc3c2)[nH]1.N/C(Cc1ccc2ncc(Cl)cc2c1)=N\O. The zero-order valence-electron chi connectivity index (χ0n) is 24.5. The van der Waals surface area contributed by atoms with Crippen molar-refractivity contribution in [2.45, 2.75) is 41.5 Å². The highest BCUT2D eigenvalue weighted by molar-refractivity contribution is 6.31. The molecular formula is C34H38Cl2N6O5. The van der Waals surface area contributed by atoms with Crippen molar-refractivity contribution in [1.82, 2.24) is 19.9 Å². The van der Waals surface area contributed by atoms with Crippen LogP contribution in [-0.2, 0) is 27.1 Å². The van der Waals surface area contributed by atoms with Crippen LogP contribution in [0.2, 0.25) is 10.0 Å². The number of hydrogen-bond acceptors (Lipinski definition) is 9. The fourth-order valence-electron chi connectivity index (χ4n) is 3.90. The van der Waals surface area contributed by atoms with Crippen LogP contribution in [0.1, 0.15) is 56.1 Å². The van der Waals surface area contributed by atoms with Crippen LogP contribution < -0.4 is 5.73 Å². The van der Waals surface area contributed by atoms with E-state index in [2.05, 4.69) is 36.3 Å². The number of terminal acetylenes is 1. The van der Waals surface area contributed by atoms with E-state index in [9.17, 15) is 9.59 Å². The number of nitrogens with zero attached hydrogens (tertiary/aromatic N) is 4. The van der Waals surface area contributed by atoms with Gasteiger partial charge in [-0.25, -0.2) is 14.6 Å². The molecule has 5 aromatic rings. The minimum atomic E-state index is -0.595. The van der Waals surface area contributed by atoms with Crippen molar-refractivity contribution in [2.75, 3.05) is 13.2 Å². The van der Waals surface area contributed by atoms with Crippen LogP contribution in [0.25, 0.3) is 21.8 Å². The molecule has 0 saturated carbocycles. The summed E-state index contributed by atoms with van der Waals surface area (Å²) in [5.74, 6) is 1.70. The summed E-state index contributed by atoms with van der Waals surface area (Å²) in [6.07, 6.45) is 10.3. The van der Waals surface area contributed by atoms with Crippen LogP contribution in [0.5, 0.6) is 0 Å². The third-order valence-electron chi connectivity index (χ3n) is 5.83. The Bertz CT molecular complexity index is 1850. The highest BCUT2D eigenvalue weighted by Gasteiger charge is 2.11. The molecule has 3 heterocycles. The van der Waals surface area contributed by atoms with E-state index >= 15 is 0 Å². The Kier molecular flexibility index (Phi) is 17.0. The van der Waals surface area contributed by atoms with Gasteiger partial charge >= 0.3 is 11.9 Å². The first-order chi connectivity index (χ1) is 21.6. The number of pyridine rings is 2. The van der Waals surface area contributed by atoms with E-state index in [-0.39, 0.29) is 20.7 Å². The summed E-state index contributed by atoms with van der Waals surface area (Å²) < 4.78 is 9.25. The lowest BCUT2D eigenvalue weighted by Gasteiger charge is -2.02. The number of fused-ring (bicyclic) bond motifs is 2. The van der Waals surface area contributed by atoms with Gasteiger partial charge in [-0.3, -0.25) is 9.97 Å². The van der Waals surface area contributed by atoms with Gasteiger partial charge in [0.1, 0.15) is 17.4 Å². The Balaban J connectivity index is 0.000000390. The second kappa shape index (κ2) is 20.0. The van der Waals surface area contributed by atoms with Gasteiger partial charge in [0.15, 0.2) is 0 Å². The number of ether oxygens (including phenoxy) is 2. The molecule has 0 aliphatic carbocycles. The van der Waals surface area contributed by atoms with E-state index in [1.807, 2.05) is 48.5 Å². The number of carbonyl (C=O) groups is 2. The number of carbonyl (C=O) groups excluding carboxylic acids is 2. The first-order valence-corrected chi connectivity index (χ1v) is 14.3. The Morgan fingerprint density at radius 1 is 0.894 bits per heavy atom. The number of benzene rings is 2. The molecule has 0 aliphatic rings. The Morgan fingerprint density at radius 3 is 1.96 bits per heavy atom. The maximum Gasteiger partial charge on any atom is 0.384 e. The fraction of sp³-hybridized carbons (Fsp3) is 0.235. The van der Waals surface area contributed by atoms with E-state index in [4.69, 9.17) is 38.9 Å². The first kappa shape index (κ1) is 39.8. The summed E-state index contributed by atoms with van der Waals surface area (Å²) in [5.41, 5.74) is 9.57. The molecule has 5 rings (SSSR count). The van der Waals surface area contributed by atoms with Gasteiger partial charge in [-0.05, 0) is 61.4 Å². The van der Waals surface area contributed by atoms with E-state index in [1.54, 1.807) is 32.2 Å². The number of hydrogen-bond donors (Lipinski definition) is 3. The quantitative estimate of drug-likeness (QED) is 0.0312. The maximum atomic E-state index is 11.6. The van der Waals surface area contributed by atoms with Crippen molar-refractivity contribution in [2.24, 2.45) is 10.9 Å². The molecule has 0 aliphatic heterocycles. The first-order valence-electron chi connectivity index (χ1n) is 13.5. The van der Waals surface area contributed by atoms with Gasteiger partial charge in [0.25, 0.3) is 0 Å². The standard InChI is InChI=1S/C16H14ClN3O2.C11H10ClN3O.C5H6O2.2CH4/c1-2-22-16(21)14-9-19-15(20-14)6-10-3-4-13-11(5-10)7-12(17)8-18-13;12-9-5-8-3-7(4-11(13)15-16)1-2-10(8)14-6-9;1-3-5(6)7-4-2;;/h3-5,7-9H,2,6H2,1H3,(H,19,20);1-3,5-6,16H,4H2,(H2,13,15);1H,4H2,2H3;2*1H4. The predicted octanol–water partition coefficient (Wildman–Crippen LogP) is 7.01. The van der Waals surface area contributed by atoms with Crippen molar-refractivity contribution >= 4 is 62.8 Å². The second-order valence-electron chi connectivity index (χ2n) is 9.13. The number of imidazole rings is 1. The normalized spacial score (nSPS) is 10.1. The zero-order valence-corrected chi connectivity index (χ0v) is 26.0. The molecule has 47 heavy (non-hydrogen) atoms. The van der Waals surface area contributed by atoms with Crippen LogP contribution in [0.15, 0.2) is 72.3 Å². The van der Waals surface area contributed by atoms with Gasteiger partial charge in [-0.1, -0.05) is 55.3 Å². The van der Waals surface area contributed by atoms with E-state index in [0.29, 0.717) is 47.6 Å². The number of rotatable bonds is 7. The topological polar surface area (TPSA) is 166 Å². The van der Waals surface area contributed by atoms with Gasteiger partial charge in [0.05, 0.1) is 40.5 Å². The Labute approximate surface area is 284 Å². The fourth-order valence-corrected chi connectivity index (χ4v) is 4.24. The highest BCUT2D eigenvalue weighted by atomic mass is 35.5. The summed E-state index contributed by atoms with van der Waals surface area (Å²) in [6.45, 7) is 4.16. The largest absolute Gasteiger partial charge is 0.461 e. The molecule has 3 aromatic heterocycles. The van der Waals surface area contributed by atoms with Crippen LogP contribution in [0.4, 0.5) is 0 Å². The predicted molar refractivity (Wildman–Crippen MR) is 187 cm³/mol. The summed E-state index contributed by atoms with van der Waals surface area (Å²) in [5, 5.41) is 14.5. The smallest absolute Gasteiger partial charge is 0.384 e. The van der Waals surface area contributed by atoms with Crippen molar-refractivity contribution < 1.29 is 24.3 Å². The number of nitrogens with two attached hydrogens (primary N) is 1. The molecule has 2 aromatic carbocycles. The second-order valence-corrected chi connectivity index (χ2v) is 10.0. The van der Waals surface area contributed by atoms with Gasteiger partial charge in [-0.2, -0.15) is 0 Å². The molecule has 0 spiro atoms. The molecule has 0 fully saturated rings. The monoisotopic (exact) mass is 680 g/mol. The molecule has 11 nitrogen and oxygen atoms in total. The van der Waals surface area contributed by atoms with Crippen LogP contribution >= 0.6 is 23.2 Å². The number of nitrogens with one attached hydrogen (secondary N) is 1. The average Bonchev–Trinajstić information content (AvgIpc) is 3.50. The van der Waals surface area contributed by atoms with Crippen molar-refractivity contribution in [3.05, 3.63) is 99.8 Å². The molecule has 248 valence electrons. The molecule has 0 radical (unpaired) electrons. The summed E-state index contributed by atoms with van der Waals surface area (Å²) in [4.78, 5) is 37.2. The molecule has 0 amide bonds. The molecule has 0 saturated heterocycles. The van der Waals surface area contributed by atoms with Crippen LogP contribution in [0.3, 0.4) is 0 Å². The van der Waals surface area contributed by atoms with E-state index in [0.717, 1.165) is 32.9 Å². The number of aromatic amines is 1. The Hall–Kier alpha value is -5.18. The minimum absolute atomic E-state index is 0. The summed E-state index contributed by atoms with van der Waals surface area (Å²) >= 11 is 11.8. The number of esters is 2. The van der Waals surface area contributed by atoms with Crippen LogP contribution in [0, 0.1) is 12.3 Å². The van der Waals surface area contributed by atoms with Gasteiger partial charge < -0.3 is 25.4 Å².